The predicted octanol–water partition coefficient (Wildman–Crippen LogP) is 0.341. The lowest BCUT2D eigenvalue weighted by Gasteiger charge is -2.27. The van der Waals surface area contributed by atoms with E-state index in [9.17, 15) is 4.79 Å². The van der Waals surface area contributed by atoms with E-state index < -0.39 is 0 Å². The van der Waals surface area contributed by atoms with Crippen LogP contribution >= 0.6 is 0 Å². The van der Waals surface area contributed by atoms with Crippen molar-refractivity contribution < 1.29 is 4.79 Å². The standard InChI is InChI=1S/C12H23N3O/c16-12(15-8-2-1-3-9-15)5-7-14-11-4-6-13-10-11/h11,13-14H,1-10H2. The van der Waals surface area contributed by atoms with Crippen LogP contribution in [-0.4, -0.2) is 49.6 Å². The number of hydrogen-bond acceptors (Lipinski definition) is 3. The molecule has 0 aromatic rings. The molecule has 92 valence electrons. The number of carbonyl (C=O) groups is 1. The molecule has 2 fully saturated rings. The number of carbonyl (C=O) groups excluding carboxylic acids is 1. The Hall–Kier alpha value is -0.610. The van der Waals surface area contributed by atoms with Gasteiger partial charge in [0, 0.05) is 38.6 Å². The van der Waals surface area contributed by atoms with Gasteiger partial charge < -0.3 is 15.5 Å². The van der Waals surface area contributed by atoms with Gasteiger partial charge in [0.2, 0.25) is 5.91 Å². The van der Waals surface area contributed by atoms with E-state index in [1.165, 1.54) is 25.7 Å². The maximum atomic E-state index is 11.8. The van der Waals surface area contributed by atoms with E-state index in [0.29, 0.717) is 18.4 Å². The Labute approximate surface area is 97.8 Å². The second-order valence-corrected chi connectivity index (χ2v) is 4.84. The summed E-state index contributed by atoms with van der Waals surface area (Å²) in [6.45, 7) is 4.95. The molecule has 2 aliphatic heterocycles. The lowest BCUT2D eigenvalue weighted by atomic mass is 10.1. The number of piperidine rings is 1. The molecule has 1 amide bonds. The minimum Gasteiger partial charge on any atom is -0.343 e. The van der Waals surface area contributed by atoms with Crippen molar-refractivity contribution in [2.24, 2.45) is 0 Å². The number of nitrogens with one attached hydrogen (secondary N) is 2. The molecule has 0 saturated carbocycles. The van der Waals surface area contributed by atoms with E-state index in [4.69, 9.17) is 0 Å². The van der Waals surface area contributed by atoms with Crippen LogP contribution in [0.4, 0.5) is 0 Å². The van der Waals surface area contributed by atoms with Gasteiger partial charge in [-0.2, -0.15) is 0 Å². The van der Waals surface area contributed by atoms with Crippen molar-refractivity contribution >= 4 is 5.91 Å². The zero-order valence-electron chi connectivity index (χ0n) is 10.0. The van der Waals surface area contributed by atoms with E-state index in [0.717, 1.165) is 32.7 Å². The number of likely N-dealkylation sites (tertiary alicyclic amines) is 1. The number of rotatable bonds is 4. The van der Waals surface area contributed by atoms with Gasteiger partial charge in [-0.15, -0.1) is 0 Å². The molecule has 4 heteroatoms. The highest BCUT2D eigenvalue weighted by molar-refractivity contribution is 5.76. The Balaban J connectivity index is 1.59. The summed E-state index contributed by atoms with van der Waals surface area (Å²) in [7, 11) is 0. The molecule has 4 nitrogen and oxygen atoms in total. The third-order valence-corrected chi connectivity index (χ3v) is 3.54. The minimum absolute atomic E-state index is 0.332. The van der Waals surface area contributed by atoms with Crippen LogP contribution < -0.4 is 10.6 Å². The minimum atomic E-state index is 0.332. The molecular weight excluding hydrogens is 202 g/mol. The summed E-state index contributed by atoms with van der Waals surface area (Å²) in [5.41, 5.74) is 0. The van der Waals surface area contributed by atoms with E-state index in [1.807, 2.05) is 4.90 Å². The van der Waals surface area contributed by atoms with E-state index in [1.54, 1.807) is 0 Å². The van der Waals surface area contributed by atoms with Crippen LogP contribution in [0.5, 0.6) is 0 Å². The lowest BCUT2D eigenvalue weighted by Crippen LogP contribution is -2.39. The van der Waals surface area contributed by atoms with E-state index in [-0.39, 0.29) is 0 Å². The highest BCUT2D eigenvalue weighted by Crippen LogP contribution is 2.09. The van der Waals surface area contributed by atoms with Gasteiger partial charge >= 0.3 is 0 Å². The normalized spacial score (nSPS) is 26.0. The molecule has 0 aromatic heterocycles. The van der Waals surface area contributed by atoms with Gasteiger partial charge in [-0.1, -0.05) is 0 Å². The Morgan fingerprint density at radius 1 is 1.31 bits per heavy atom. The Morgan fingerprint density at radius 2 is 2.12 bits per heavy atom. The summed E-state index contributed by atoms with van der Waals surface area (Å²) in [5.74, 6) is 0.332. The van der Waals surface area contributed by atoms with Crippen LogP contribution in [0, 0.1) is 0 Å². The van der Waals surface area contributed by atoms with Gasteiger partial charge in [-0.25, -0.2) is 0 Å². The van der Waals surface area contributed by atoms with Crippen LogP contribution in [0.2, 0.25) is 0 Å². The zero-order chi connectivity index (χ0) is 11.2. The molecule has 16 heavy (non-hydrogen) atoms. The number of nitrogens with zero attached hydrogens (tertiary/aromatic N) is 1. The molecule has 2 N–H and O–H groups in total. The molecule has 0 aromatic carbocycles. The molecule has 2 saturated heterocycles. The topological polar surface area (TPSA) is 44.4 Å². The molecule has 1 unspecified atom stereocenters. The first-order valence-electron chi connectivity index (χ1n) is 6.58. The molecule has 0 bridgehead atoms. The van der Waals surface area contributed by atoms with Crippen LogP contribution in [-0.2, 0) is 4.79 Å². The highest BCUT2D eigenvalue weighted by atomic mass is 16.2. The Kier molecular flexibility index (Phi) is 4.60. The summed E-state index contributed by atoms with van der Waals surface area (Å²) >= 11 is 0. The number of hydrogen-bond donors (Lipinski definition) is 2. The maximum Gasteiger partial charge on any atom is 0.223 e. The quantitative estimate of drug-likeness (QED) is 0.725. The molecule has 0 radical (unpaired) electrons. The summed E-state index contributed by atoms with van der Waals surface area (Å²) in [6, 6.07) is 0.578. The smallest absolute Gasteiger partial charge is 0.223 e. The molecule has 0 aliphatic carbocycles. The summed E-state index contributed by atoms with van der Waals surface area (Å²) in [6.07, 6.45) is 5.52. The lowest BCUT2D eigenvalue weighted by molar-refractivity contribution is -0.131. The molecular formula is C12H23N3O. The average molecular weight is 225 g/mol. The second kappa shape index (κ2) is 6.21. The van der Waals surface area contributed by atoms with Gasteiger partial charge in [-0.3, -0.25) is 4.79 Å². The molecule has 0 spiro atoms. The highest BCUT2D eigenvalue weighted by Gasteiger charge is 2.17. The largest absolute Gasteiger partial charge is 0.343 e. The van der Waals surface area contributed by atoms with Crippen molar-refractivity contribution in [2.45, 2.75) is 38.1 Å². The molecule has 2 aliphatic rings. The fourth-order valence-corrected chi connectivity index (χ4v) is 2.51. The third kappa shape index (κ3) is 3.46. The third-order valence-electron chi connectivity index (χ3n) is 3.54. The predicted molar refractivity (Wildman–Crippen MR) is 64.3 cm³/mol. The van der Waals surface area contributed by atoms with Gasteiger partial charge in [0.1, 0.15) is 0 Å². The zero-order valence-corrected chi connectivity index (χ0v) is 10.0. The first kappa shape index (κ1) is 11.9. The second-order valence-electron chi connectivity index (χ2n) is 4.84. The van der Waals surface area contributed by atoms with Crippen LogP contribution in [0.3, 0.4) is 0 Å². The van der Waals surface area contributed by atoms with Gasteiger partial charge in [-0.05, 0) is 32.2 Å². The van der Waals surface area contributed by atoms with Crippen LogP contribution in [0.15, 0.2) is 0 Å². The van der Waals surface area contributed by atoms with Crippen molar-refractivity contribution in [3.63, 3.8) is 0 Å². The van der Waals surface area contributed by atoms with Gasteiger partial charge in [0.15, 0.2) is 0 Å². The SMILES string of the molecule is O=C(CCNC1CCNC1)N1CCCCC1. The monoisotopic (exact) mass is 225 g/mol. The fourth-order valence-electron chi connectivity index (χ4n) is 2.51. The summed E-state index contributed by atoms with van der Waals surface area (Å²) < 4.78 is 0. The van der Waals surface area contributed by atoms with Gasteiger partial charge in [0.25, 0.3) is 0 Å². The number of amides is 1. The van der Waals surface area contributed by atoms with Crippen molar-refractivity contribution in [2.75, 3.05) is 32.7 Å². The van der Waals surface area contributed by atoms with Crippen molar-refractivity contribution in [1.29, 1.82) is 0 Å². The summed E-state index contributed by atoms with van der Waals surface area (Å²) in [4.78, 5) is 13.9. The Bertz CT molecular complexity index is 220. The van der Waals surface area contributed by atoms with E-state index in [2.05, 4.69) is 10.6 Å². The average Bonchev–Trinajstić information content (AvgIpc) is 2.83. The van der Waals surface area contributed by atoms with Crippen LogP contribution in [0.1, 0.15) is 32.1 Å². The molecule has 1 atom stereocenters. The van der Waals surface area contributed by atoms with Crippen molar-refractivity contribution in [1.82, 2.24) is 15.5 Å². The van der Waals surface area contributed by atoms with Crippen molar-refractivity contribution in [3.8, 4) is 0 Å². The molecule has 2 rings (SSSR count). The van der Waals surface area contributed by atoms with Crippen molar-refractivity contribution in [3.05, 3.63) is 0 Å². The first-order chi connectivity index (χ1) is 7.86. The van der Waals surface area contributed by atoms with E-state index >= 15 is 0 Å². The molecule has 2 heterocycles. The van der Waals surface area contributed by atoms with Crippen LogP contribution in [0.25, 0.3) is 0 Å². The Morgan fingerprint density at radius 3 is 2.81 bits per heavy atom. The maximum absolute atomic E-state index is 11.8. The van der Waals surface area contributed by atoms with Gasteiger partial charge in [0.05, 0.1) is 0 Å². The fraction of sp³-hybridized carbons (Fsp3) is 0.917. The summed E-state index contributed by atoms with van der Waals surface area (Å²) in [5, 5.41) is 6.76. The first-order valence-corrected chi connectivity index (χ1v) is 6.58.